The Morgan fingerprint density at radius 2 is 1.86 bits per heavy atom. The van der Waals surface area contributed by atoms with Crippen LogP contribution in [0.25, 0.3) is 16.6 Å². The molecular formula is C27H25ClFN5O. The van der Waals surface area contributed by atoms with E-state index in [1.54, 1.807) is 0 Å². The van der Waals surface area contributed by atoms with Gasteiger partial charge in [-0.05, 0) is 30.2 Å². The predicted octanol–water partition coefficient (Wildman–Crippen LogP) is 5.35. The van der Waals surface area contributed by atoms with Crippen LogP contribution < -0.4 is 9.64 Å². The fraction of sp³-hybridized carbons (Fsp3) is 0.222. The lowest BCUT2D eigenvalue weighted by atomic mass is 9.96. The van der Waals surface area contributed by atoms with Crippen molar-refractivity contribution in [2.75, 3.05) is 38.2 Å². The molecule has 0 atom stereocenters. The minimum absolute atomic E-state index is 0.245. The number of fused-ring (bicyclic) bond motifs is 2. The van der Waals surface area contributed by atoms with Crippen LogP contribution in [0.1, 0.15) is 16.8 Å². The zero-order valence-corrected chi connectivity index (χ0v) is 20.2. The summed E-state index contributed by atoms with van der Waals surface area (Å²) in [5.41, 5.74) is 4.71. The summed E-state index contributed by atoms with van der Waals surface area (Å²) in [7, 11) is 1.54. The molecule has 8 heteroatoms. The summed E-state index contributed by atoms with van der Waals surface area (Å²) in [5.74, 6) is 0.233. The average molecular weight is 490 g/mol. The van der Waals surface area contributed by atoms with E-state index in [0.29, 0.717) is 42.5 Å². The molecular weight excluding hydrogens is 465 g/mol. The molecule has 2 aliphatic rings. The molecule has 0 N–H and O–H groups in total. The molecule has 2 aromatic heterocycles. The van der Waals surface area contributed by atoms with Crippen molar-refractivity contribution < 1.29 is 9.13 Å². The maximum absolute atomic E-state index is 13.5. The molecule has 35 heavy (non-hydrogen) atoms. The summed E-state index contributed by atoms with van der Waals surface area (Å²) in [5, 5.41) is 1.51. The molecule has 178 valence electrons. The number of allylic oxidation sites excluding steroid dienone is 4. The summed E-state index contributed by atoms with van der Waals surface area (Å²) in [6.45, 7) is 9.65. The van der Waals surface area contributed by atoms with Crippen LogP contribution >= 0.6 is 11.6 Å². The van der Waals surface area contributed by atoms with Crippen LogP contribution in [0.4, 0.5) is 10.2 Å². The van der Waals surface area contributed by atoms with Gasteiger partial charge in [0.15, 0.2) is 5.65 Å². The summed E-state index contributed by atoms with van der Waals surface area (Å²) >= 11 is 6.62. The Balaban J connectivity index is 1.53. The highest BCUT2D eigenvalue weighted by molar-refractivity contribution is 6.32. The third kappa shape index (κ3) is 4.39. The Bertz CT molecular complexity index is 1390. The van der Waals surface area contributed by atoms with Gasteiger partial charge in [-0.25, -0.2) is 9.37 Å². The van der Waals surface area contributed by atoms with Crippen LogP contribution in [-0.4, -0.2) is 53.1 Å². The first kappa shape index (κ1) is 23.1. The van der Waals surface area contributed by atoms with Gasteiger partial charge in [0, 0.05) is 42.3 Å². The molecule has 6 nitrogen and oxygen atoms in total. The summed E-state index contributed by atoms with van der Waals surface area (Å²) in [6.07, 6.45) is 6.98. The Morgan fingerprint density at radius 3 is 2.60 bits per heavy atom. The topological polar surface area (TPSA) is 54.4 Å². The van der Waals surface area contributed by atoms with Gasteiger partial charge in [-0.1, -0.05) is 55.1 Å². The van der Waals surface area contributed by atoms with Gasteiger partial charge in [0.2, 0.25) is 0 Å². The van der Waals surface area contributed by atoms with Gasteiger partial charge in [0.25, 0.3) is 0 Å². The van der Waals surface area contributed by atoms with Gasteiger partial charge < -0.3 is 14.5 Å². The first-order valence-corrected chi connectivity index (χ1v) is 11.8. The largest absolute Gasteiger partial charge is 0.467 e. The number of piperazine rings is 1. The quantitative estimate of drug-likeness (QED) is 0.450. The van der Waals surface area contributed by atoms with Gasteiger partial charge in [0.1, 0.15) is 11.6 Å². The minimum atomic E-state index is -0.506. The second-order valence-electron chi connectivity index (χ2n) is 8.41. The van der Waals surface area contributed by atoms with Crippen molar-refractivity contribution in [1.29, 1.82) is 0 Å². The summed E-state index contributed by atoms with van der Waals surface area (Å²) in [4.78, 5) is 18.1. The summed E-state index contributed by atoms with van der Waals surface area (Å²) < 4.78 is 18.9. The lowest BCUT2D eigenvalue weighted by molar-refractivity contribution is 0.314. The number of anilines is 1. The van der Waals surface area contributed by atoms with Crippen molar-refractivity contribution in [1.82, 2.24) is 19.9 Å². The molecule has 3 aromatic rings. The highest BCUT2D eigenvalue weighted by Gasteiger charge is 2.24. The molecule has 0 bridgehead atoms. The Labute approximate surface area is 208 Å². The molecule has 0 amide bonds. The zero-order valence-electron chi connectivity index (χ0n) is 19.5. The lowest BCUT2D eigenvalue weighted by Crippen LogP contribution is -2.46. The molecule has 0 radical (unpaired) electrons. The Morgan fingerprint density at radius 1 is 1.06 bits per heavy atom. The number of ether oxygens (including phenoxy) is 1. The molecule has 5 rings (SSSR count). The van der Waals surface area contributed by atoms with Crippen LogP contribution in [0.5, 0.6) is 6.01 Å². The summed E-state index contributed by atoms with van der Waals surface area (Å²) in [6, 6.07) is 10.2. The van der Waals surface area contributed by atoms with E-state index in [9.17, 15) is 4.39 Å². The molecule has 1 saturated heterocycles. The van der Waals surface area contributed by atoms with Crippen molar-refractivity contribution in [2.45, 2.75) is 6.42 Å². The van der Waals surface area contributed by atoms with Crippen LogP contribution in [0, 0.1) is 0 Å². The van der Waals surface area contributed by atoms with Gasteiger partial charge >= 0.3 is 6.01 Å². The second-order valence-corrected chi connectivity index (χ2v) is 8.82. The molecule has 1 aliphatic carbocycles. The van der Waals surface area contributed by atoms with Crippen LogP contribution in [-0.2, 0) is 6.42 Å². The standard InChI is InChI=1S/C27H25ClFN5O/c1-17(29)18(2)33-13-15-34(16-14-33)26-21-11-12-23(30-25(21)31-27(32-26)35-3)20-9-5-4-7-19-8-6-10-22(28)24(19)20/h4-6,8-12H,1-2,7,13-16H2,3H3. The highest BCUT2D eigenvalue weighted by atomic mass is 35.5. The fourth-order valence-electron chi connectivity index (χ4n) is 4.51. The van der Waals surface area contributed by atoms with E-state index in [1.165, 1.54) is 7.11 Å². The van der Waals surface area contributed by atoms with E-state index in [0.717, 1.165) is 40.0 Å². The van der Waals surface area contributed by atoms with E-state index in [1.807, 2.05) is 41.3 Å². The molecule has 3 heterocycles. The van der Waals surface area contributed by atoms with E-state index in [4.69, 9.17) is 21.3 Å². The minimum Gasteiger partial charge on any atom is -0.467 e. The Hall–Kier alpha value is -3.71. The highest BCUT2D eigenvalue weighted by Crippen LogP contribution is 2.35. The monoisotopic (exact) mass is 489 g/mol. The maximum Gasteiger partial charge on any atom is 0.320 e. The molecule has 1 aliphatic heterocycles. The normalized spacial score (nSPS) is 15.5. The smallest absolute Gasteiger partial charge is 0.320 e. The van der Waals surface area contributed by atoms with Crippen LogP contribution in [0.15, 0.2) is 73.2 Å². The SMILES string of the molecule is C=C(F)C(=C)N1CCN(c2nc(OC)nc3nc(C4=CC=CCc5cccc(Cl)c54)ccc23)CC1. The first-order valence-electron chi connectivity index (χ1n) is 11.4. The lowest BCUT2D eigenvalue weighted by Gasteiger charge is -2.37. The zero-order chi connectivity index (χ0) is 24.5. The van der Waals surface area contributed by atoms with Crippen LogP contribution in [0.2, 0.25) is 5.02 Å². The molecule has 0 spiro atoms. The number of pyridine rings is 1. The van der Waals surface area contributed by atoms with E-state index in [2.05, 4.69) is 40.2 Å². The fourth-order valence-corrected chi connectivity index (χ4v) is 4.81. The van der Waals surface area contributed by atoms with E-state index >= 15 is 0 Å². The predicted molar refractivity (Wildman–Crippen MR) is 138 cm³/mol. The number of hydrogen-bond acceptors (Lipinski definition) is 6. The maximum atomic E-state index is 13.5. The van der Waals surface area contributed by atoms with Gasteiger partial charge in [-0.15, -0.1) is 0 Å². The number of benzene rings is 1. The molecule has 1 aromatic carbocycles. The van der Waals surface area contributed by atoms with Gasteiger partial charge in [-0.3, -0.25) is 0 Å². The third-order valence-corrected chi connectivity index (χ3v) is 6.67. The average Bonchev–Trinajstić information content (AvgIpc) is 3.11. The number of aromatic nitrogens is 3. The second kappa shape index (κ2) is 9.50. The van der Waals surface area contributed by atoms with Crippen molar-refractivity contribution in [3.63, 3.8) is 0 Å². The van der Waals surface area contributed by atoms with E-state index in [-0.39, 0.29) is 6.01 Å². The number of halogens is 2. The number of hydrogen-bond donors (Lipinski definition) is 0. The van der Waals surface area contributed by atoms with Crippen LogP contribution in [0.3, 0.4) is 0 Å². The van der Waals surface area contributed by atoms with E-state index < -0.39 is 5.83 Å². The molecule has 0 saturated carbocycles. The molecule has 1 fully saturated rings. The van der Waals surface area contributed by atoms with Gasteiger partial charge in [-0.2, -0.15) is 9.97 Å². The first-order chi connectivity index (χ1) is 17.0. The third-order valence-electron chi connectivity index (χ3n) is 6.36. The van der Waals surface area contributed by atoms with Crippen molar-refractivity contribution >= 4 is 34.0 Å². The number of nitrogens with zero attached hydrogens (tertiary/aromatic N) is 5. The van der Waals surface area contributed by atoms with Crippen molar-refractivity contribution in [3.8, 4) is 6.01 Å². The number of methoxy groups -OCH3 is 1. The van der Waals surface area contributed by atoms with Crippen molar-refractivity contribution in [3.05, 3.63) is 95.1 Å². The Kier molecular flexibility index (Phi) is 6.26. The number of rotatable bonds is 5. The van der Waals surface area contributed by atoms with Crippen molar-refractivity contribution in [2.24, 2.45) is 0 Å². The van der Waals surface area contributed by atoms with Gasteiger partial charge in [0.05, 0.1) is 23.9 Å². The molecule has 0 unspecified atom stereocenters.